The van der Waals surface area contributed by atoms with Crippen molar-refractivity contribution in [1.82, 2.24) is 0 Å². The average Bonchev–Trinajstić information content (AvgIpc) is 2.05. The molecule has 1 N–H and O–H groups in total. The summed E-state index contributed by atoms with van der Waals surface area (Å²) in [5.41, 5.74) is 0.821. The van der Waals surface area contributed by atoms with Gasteiger partial charge in [0.1, 0.15) is 5.69 Å². The lowest BCUT2D eigenvalue weighted by Gasteiger charge is -2.01. The molecule has 0 aromatic carbocycles. The highest BCUT2D eigenvalue weighted by Crippen LogP contribution is 2.01. The molecule has 72 valence electrons. The maximum Gasteiger partial charge on any atom is 0.211 e. The zero-order valence-electron chi connectivity index (χ0n) is 7.70. The molecule has 1 amide bonds. The van der Waals surface area contributed by atoms with Crippen molar-refractivity contribution in [3.63, 3.8) is 0 Å². The number of nitrogens with zero attached hydrogens (tertiary/aromatic N) is 1. The van der Waals surface area contributed by atoms with E-state index in [1.165, 1.54) is 0 Å². The maximum atomic E-state index is 10.1. The van der Waals surface area contributed by atoms with Gasteiger partial charge in [0.2, 0.25) is 6.41 Å². The number of hydrogen-bond acceptors (Lipinski definition) is 1. The van der Waals surface area contributed by atoms with Gasteiger partial charge in [-0.25, -0.2) is 4.57 Å². The van der Waals surface area contributed by atoms with Crippen molar-refractivity contribution >= 4 is 12.1 Å². The lowest BCUT2D eigenvalue weighted by molar-refractivity contribution is -0.715. The normalized spacial score (nSPS) is 9.15. The van der Waals surface area contributed by atoms with Crippen LogP contribution in [0.3, 0.4) is 0 Å². The summed E-state index contributed by atoms with van der Waals surface area (Å²) in [6, 6.07) is 4.18. The molecule has 1 aromatic rings. The summed E-state index contributed by atoms with van der Waals surface area (Å²) in [6.07, 6.45) is 4.56. The molecule has 4 heteroatoms. The van der Waals surface area contributed by atoms with E-state index in [1.807, 2.05) is 29.1 Å². The highest BCUT2D eigenvalue weighted by molar-refractivity contribution is 5.69. The third kappa shape index (κ3) is 3.71. The molecule has 3 nitrogen and oxygen atoms in total. The van der Waals surface area contributed by atoms with Crippen LogP contribution >= 0.6 is 0 Å². The minimum atomic E-state index is 0. The SMILES string of the molecule is CC(C)[n+]1cccc(NC=O)c1.[I-]. The topological polar surface area (TPSA) is 33.0 Å². The monoisotopic (exact) mass is 292 g/mol. The summed E-state index contributed by atoms with van der Waals surface area (Å²) in [5, 5.41) is 2.60. The molecule has 0 aliphatic carbocycles. The van der Waals surface area contributed by atoms with E-state index < -0.39 is 0 Å². The Labute approximate surface area is 95.2 Å². The molecule has 0 fully saturated rings. The van der Waals surface area contributed by atoms with Gasteiger partial charge in [-0.2, -0.15) is 0 Å². The van der Waals surface area contributed by atoms with E-state index in [0.29, 0.717) is 12.5 Å². The molecule has 0 radical (unpaired) electrons. The molecule has 0 aliphatic rings. The quantitative estimate of drug-likeness (QED) is 0.395. The van der Waals surface area contributed by atoms with Gasteiger partial charge in [0.25, 0.3) is 0 Å². The number of amides is 1. The van der Waals surface area contributed by atoms with Crippen LogP contribution in [0.1, 0.15) is 19.9 Å². The second-order valence-electron chi connectivity index (χ2n) is 2.90. The van der Waals surface area contributed by atoms with Crippen molar-refractivity contribution in [2.24, 2.45) is 0 Å². The van der Waals surface area contributed by atoms with Crippen molar-refractivity contribution in [3.8, 4) is 0 Å². The second kappa shape index (κ2) is 5.90. The number of aromatic nitrogens is 1. The highest BCUT2D eigenvalue weighted by Gasteiger charge is 2.05. The molecule has 0 spiro atoms. The molecular formula is C9H13IN2O. The Morgan fingerprint density at radius 2 is 2.23 bits per heavy atom. The van der Waals surface area contributed by atoms with Gasteiger partial charge in [-0.15, -0.1) is 0 Å². The zero-order chi connectivity index (χ0) is 8.97. The lowest BCUT2D eigenvalue weighted by atomic mass is 10.3. The lowest BCUT2D eigenvalue weighted by Crippen LogP contribution is -3.00. The number of halogens is 1. The fourth-order valence-electron chi connectivity index (χ4n) is 0.967. The summed E-state index contributed by atoms with van der Waals surface area (Å²) >= 11 is 0. The predicted octanol–water partition coefficient (Wildman–Crippen LogP) is -1.87. The van der Waals surface area contributed by atoms with Crippen LogP contribution < -0.4 is 33.9 Å². The van der Waals surface area contributed by atoms with Crippen LogP contribution in [-0.4, -0.2) is 6.41 Å². The van der Waals surface area contributed by atoms with Crippen LogP contribution in [0.4, 0.5) is 5.69 Å². The number of nitrogens with one attached hydrogen (secondary N) is 1. The van der Waals surface area contributed by atoms with Crippen LogP contribution in [0.25, 0.3) is 0 Å². The maximum absolute atomic E-state index is 10.1. The smallest absolute Gasteiger partial charge is 0.211 e. The first kappa shape index (κ1) is 12.3. The first-order chi connectivity index (χ1) is 5.74. The first-order valence-electron chi connectivity index (χ1n) is 3.95. The Morgan fingerprint density at radius 1 is 1.54 bits per heavy atom. The average molecular weight is 292 g/mol. The fraction of sp³-hybridized carbons (Fsp3) is 0.333. The Kier molecular flexibility index (Phi) is 5.61. The Morgan fingerprint density at radius 3 is 2.77 bits per heavy atom. The van der Waals surface area contributed by atoms with Crippen LogP contribution in [0.2, 0.25) is 0 Å². The third-order valence-corrected chi connectivity index (χ3v) is 1.64. The van der Waals surface area contributed by atoms with Crippen molar-refractivity contribution in [3.05, 3.63) is 24.5 Å². The molecular weight excluding hydrogens is 279 g/mol. The number of carbonyl (C=O) groups excluding carboxylic acids is 1. The highest BCUT2D eigenvalue weighted by atomic mass is 127. The number of pyridine rings is 1. The van der Waals surface area contributed by atoms with Gasteiger partial charge < -0.3 is 29.3 Å². The van der Waals surface area contributed by atoms with Gasteiger partial charge in [0.15, 0.2) is 18.4 Å². The second-order valence-corrected chi connectivity index (χ2v) is 2.90. The minimum absolute atomic E-state index is 0. The van der Waals surface area contributed by atoms with E-state index in [2.05, 4.69) is 19.2 Å². The zero-order valence-corrected chi connectivity index (χ0v) is 9.86. The molecule has 13 heavy (non-hydrogen) atoms. The van der Waals surface area contributed by atoms with Gasteiger partial charge in [-0.1, -0.05) is 0 Å². The Bertz CT molecular complexity index is 276. The van der Waals surface area contributed by atoms with E-state index in [-0.39, 0.29) is 24.0 Å². The van der Waals surface area contributed by atoms with Crippen molar-refractivity contribution < 1.29 is 33.3 Å². The van der Waals surface area contributed by atoms with Crippen LogP contribution in [-0.2, 0) is 4.79 Å². The van der Waals surface area contributed by atoms with Crippen molar-refractivity contribution in [1.29, 1.82) is 0 Å². The van der Waals surface area contributed by atoms with Gasteiger partial charge in [-0.05, 0) is 19.9 Å². The van der Waals surface area contributed by atoms with E-state index in [1.54, 1.807) is 0 Å². The summed E-state index contributed by atoms with van der Waals surface area (Å²) in [5.74, 6) is 0. The summed E-state index contributed by atoms with van der Waals surface area (Å²) in [6.45, 7) is 4.18. The standard InChI is InChI=1S/C9H12N2O.HI/c1-8(2)11-5-3-4-9(6-11)10-7-12;/h3-8H,1-2H3;1H. The van der Waals surface area contributed by atoms with E-state index >= 15 is 0 Å². The summed E-state index contributed by atoms with van der Waals surface area (Å²) in [4.78, 5) is 10.1. The fourth-order valence-corrected chi connectivity index (χ4v) is 0.967. The van der Waals surface area contributed by atoms with Crippen LogP contribution in [0.5, 0.6) is 0 Å². The molecule has 0 atom stereocenters. The Balaban J connectivity index is 0.00000144. The van der Waals surface area contributed by atoms with Crippen LogP contribution in [0.15, 0.2) is 24.5 Å². The van der Waals surface area contributed by atoms with Gasteiger partial charge in [-0.3, -0.25) is 4.79 Å². The summed E-state index contributed by atoms with van der Waals surface area (Å²) < 4.78 is 2.03. The molecule has 0 unspecified atom stereocenters. The van der Waals surface area contributed by atoms with Crippen molar-refractivity contribution in [2.45, 2.75) is 19.9 Å². The number of rotatable bonds is 3. The number of carbonyl (C=O) groups is 1. The van der Waals surface area contributed by atoms with E-state index in [4.69, 9.17) is 0 Å². The molecule has 0 bridgehead atoms. The largest absolute Gasteiger partial charge is 1.00 e. The van der Waals surface area contributed by atoms with Gasteiger partial charge in [0.05, 0.1) is 0 Å². The Hall–Kier alpha value is -0.650. The van der Waals surface area contributed by atoms with Crippen molar-refractivity contribution in [2.75, 3.05) is 5.32 Å². The number of hydrogen-bond donors (Lipinski definition) is 1. The summed E-state index contributed by atoms with van der Waals surface area (Å²) in [7, 11) is 0. The minimum Gasteiger partial charge on any atom is -1.00 e. The predicted molar refractivity (Wildman–Crippen MR) is 46.7 cm³/mol. The van der Waals surface area contributed by atoms with Gasteiger partial charge in [0, 0.05) is 6.07 Å². The van der Waals surface area contributed by atoms with Crippen LogP contribution in [0, 0.1) is 0 Å². The number of anilines is 1. The molecule has 1 aromatic heterocycles. The molecule has 0 saturated heterocycles. The molecule has 1 heterocycles. The van der Waals surface area contributed by atoms with Gasteiger partial charge >= 0.3 is 0 Å². The molecule has 0 saturated carbocycles. The van der Waals surface area contributed by atoms with E-state index in [0.717, 1.165) is 5.69 Å². The van der Waals surface area contributed by atoms with E-state index in [9.17, 15) is 4.79 Å². The molecule has 0 aliphatic heterocycles. The first-order valence-corrected chi connectivity index (χ1v) is 3.95. The third-order valence-electron chi connectivity index (χ3n) is 1.64. The molecule has 1 rings (SSSR count).